The molecule has 0 unspecified atom stereocenters. The summed E-state index contributed by atoms with van der Waals surface area (Å²) >= 11 is 0. The highest BCUT2D eigenvalue weighted by Crippen LogP contribution is 2.51. The van der Waals surface area contributed by atoms with Gasteiger partial charge >= 0.3 is 6.09 Å². The molecule has 0 spiro atoms. The van der Waals surface area contributed by atoms with E-state index in [0.29, 0.717) is 23.4 Å². The number of nitrogens with two attached hydrogens (primary N) is 1. The molecule has 0 aromatic heterocycles. The van der Waals surface area contributed by atoms with Gasteiger partial charge in [0.05, 0.1) is 12.1 Å². The first-order valence-corrected chi connectivity index (χ1v) is 14.4. The smallest absolute Gasteiger partial charge is 0.408 e. The van der Waals surface area contributed by atoms with Gasteiger partial charge in [-0.1, -0.05) is 36.4 Å². The van der Waals surface area contributed by atoms with Crippen LogP contribution in [0, 0.1) is 23.7 Å². The zero-order chi connectivity index (χ0) is 26.9. The second-order valence-corrected chi connectivity index (χ2v) is 11.8. The predicted molar refractivity (Wildman–Crippen MR) is 147 cm³/mol. The number of carbonyl (C=O) groups excluding carboxylic acids is 3. The third-order valence-corrected chi connectivity index (χ3v) is 8.72. The molecule has 0 radical (unpaired) electrons. The molecule has 39 heavy (non-hydrogen) atoms. The van der Waals surface area contributed by atoms with Gasteiger partial charge in [-0.3, -0.25) is 9.59 Å². The van der Waals surface area contributed by atoms with Crippen LogP contribution in [0.1, 0.15) is 67.7 Å². The number of rotatable bonds is 11. The summed E-state index contributed by atoms with van der Waals surface area (Å²) in [7, 11) is 0. The summed E-state index contributed by atoms with van der Waals surface area (Å²) in [5.74, 6) is 1.10. The number of ether oxygens (including phenoxy) is 1. The summed E-state index contributed by atoms with van der Waals surface area (Å²) in [6.07, 6.45) is 7.53. The van der Waals surface area contributed by atoms with Crippen LogP contribution in [0.15, 0.2) is 48.5 Å². The largest absolute Gasteiger partial charge is 0.445 e. The molecule has 0 bridgehead atoms. The minimum absolute atomic E-state index is 0.0510. The lowest BCUT2D eigenvalue weighted by atomic mass is 9.88. The van der Waals surface area contributed by atoms with Gasteiger partial charge in [-0.15, -0.1) is 0 Å². The molecule has 0 aliphatic heterocycles. The summed E-state index contributed by atoms with van der Waals surface area (Å²) < 4.78 is 5.48. The lowest BCUT2D eigenvalue weighted by Crippen LogP contribution is -2.50. The fraction of sp³-hybridized carbons (Fsp3) is 0.516. The van der Waals surface area contributed by atoms with Crippen LogP contribution in [-0.4, -0.2) is 30.0 Å². The van der Waals surface area contributed by atoms with Crippen molar-refractivity contribution in [2.75, 3.05) is 5.32 Å². The van der Waals surface area contributed by atoms with E-state index in [0.717, 1.165) is 68.1 Å². The van der Waals surface area contributed by atoms with Crippen molar-refractivity contribution in [2.45, 2.75) is 76.1 Å². The van der Waals surface area contributed by atoms with Crippen LogP contribution >= 0.6 is 0 Å². The molecule has 3 saturated carbocycles. The number of carbonyl (C=O) groups is 3. The van der Waals surface area contributed by atoms with Gasteiger partial charge < -0.3 is 26.4 Å². The van der Waals surface area contributed by atoms with Gasteiger partial charge in [-0.2, -0.15) is 0 Å². The van der Waals surface area contributed by atoms with Gasteiger partial charge in [0.1, 0.15) is 12.6 Å². The molecule has 5 N–H and O–H groups in total. The first-order chi connectivity index (χ1) is 19.0. The molecule has 206 valence electrons. The zero-order valence-corrected chi connectivity index (χ0v) is 22.2. The summed E-state index contributed by atoms with van der Waals surface area (Å²) in [6.45, 7) is 0.159. The SMILES string of the molecule is N[C@@H](C(=O)N[C@@H]1CCc2cc(NC(=O)[C@@H](NC(=O)OCc3ccccc3)C(C3CC3)C3CC3)ccc21)C1CC1. The summed E-state index contributed by atoms with van der Waals surface area (Å²) in [4.78, 5) is 39.0. The normalized spacial score (nSPS) is 21.5. The number of alkyl carbamates (subject to hydrolysis) is 1. The quantitative estimate of drug-likeness (QED) is 0.347. The van der Waals surface area contributed by atoms with Crippen molar-refractivity contribution in [1.82, 2.24) is 10.6 Å². The zero-order valence-electron chi connectivity index (χ0n) is 22.2. The second kappa shape index (κ2) is 11.0. The number of aryl methyl sites for hydroxylation is 1. The highest BCUT2D eigenvalue weighted by atomic mass is 16.5. The number of fused-ring (bicyclic) bond motifs is 1. The Hall–Kier alpha value is -3.39. The Labute approximate surface area is 229 Å². The maximum absolute atomic E-state index is 13.6. The molecule has 6 rings (SSSR count). The van der Waals surface area contributed by atoms with Crippen LogP contribution < -0.4 is 21.7 Å². The Kier molecular flexibility index (Phi) is 7.30. The van der Waals surface area contributed by atoms with Crippen LogP contribution in [0.2, 0.25) is 0 Å². The van der Waals surface area contributed by atoms with E-state index < -0.39 is 18.2 Å². The Bertz CT molecular complexity index is 1210. The fourth-order valence-corrected chi connectivity index (χ4v) is 6.12. The van der Waals surface area contributed by atoms with E-state index >= 15 is 0 Å². The van der Waals surface area contributed by atoms with Crippen molar-refractivity contribution < 1.29 is 19.1 Å². The van der Waals surface area contributed by atoms with Gasteiger partial charge in [-0.25, -0.2) is 4.79 Å². The summed E-state index contributed by atoms with van der Waals surface area (Å²) in [6, 6.07) is 14.3. The van der Waals surface area contributed by atoms with Crippen LogP contribution in [-0.2, 0) is 27.4 Å². The Morgan fingerprint density at radius 1 is 0.872 bits per heavy atom. The molecule has 0 saturated heterocycles. The first-order valence-electron chi connectivity index (χ1n) is 14.4. The molecule has 4 aliphatic rings. The lowest BCUT2D eigenvalue weighted by molar-refractivity contribution is -0.123. The molecule has 8 heteroatoms. The minimum atomic E-state index is -0.641. The van der Waals surface area contributed by atoms with Crippen molar-refractivity contribution in [3.8, 4) is 0 Å². The van der Waals surface area contributed by atoms with Crippen LogP contribution in [0.4, 0.5) is 10.5 Å². The van der Waals surface area contributed by atoms with Crippen molar-refractivity contribution in [2.24, 2.45) is 29.4 Å². The second-order valence-electron chi connectivity index (χ2n) is 11.8. The topological polar surface area (TPSA) is 123 Å². The Balaban J connectivity index is 1.11. The van der Waals surface area contributed by atoms with Gasteiger partial charge in [0.25, 0.3) is 0 Å². The minimum Gasteiger partial charge on any atom is -0.445 e. The van der Waals surface area contributed by atoms with Gasteiger partial charge in [0, 0.05) is 5.69 Å². The number of nitrogens with one attached hydrogen (secondary N) is 3. The fourth-order valence-electron chi connectivity index (χ4n) is 6.12. The molecule has 3 amide bonds. The van der Waals surface area contributed by atoms with Crippen LogP contribution in [0.25, 0.3) is 0 Å². The molecular formula is C31H38N4O4. The predicted octanol–water partition coefficient (Wildman–Crippen LogP) is 4.20. The molecule has 3 atom stereocenters. The Morgan fingerprint density at radius 2 is 1.56 bits per heavy atom. The van der Waals surface area contributed by atoms with E-state index in [1.165, 1.54) is 0 Å². The Morgan fingerprint density at radius 3 is 2.23 bits per heavy atom. The van der Waals surface area contributed by atoms with E-state index in [1.54, 1.807) is 0 Å². The van der Waals surface area contributed by atoms with E-state index in [-0.39, 0.29) is 30.4 Å². The third kappa shape index (κ3) is 6.27. The molecule has 0 heterocycles. The van der Waals surface area contributed by atoms with E-state index in [9.17, 15) is 14.4 Å². The molecule has 2 aromatic rings. The summed E-state index contributed by atoms with van der Waals surface area (Å²) in [5.41, 5.74) is 9.89. The monoisotopic (exact) mass is 530 g/mol. The van der Waals surface area contributed by atoms with Gasteiger partial charge in [-0.05, 0) is 104 Å². The maximum atomic E-state index is 13.6. The van der Waals surface area contributed by atoms with E-state index in [4.69, 9.17) is 10.5 Å². The highest BCUT2D eigenvalue weighted by molar-refractivity contribution is 5.97. The van der Waals surface area contributed by atoms with Gasteiger partial charge in [0.2, 0.25) is 11.8 Å². The van der Waals surface area contributed by atoms with E-state index in [1.807, 2.05) is 48.5 Å². The standard InChI is InChI=1S/C31H38N4O4/c32-27(21-10-11-21)29(36)34-25-15-12-22-16-23(13-14-24(22)25)33-30(37)28(26(19-6-7-19)20-8-9-20)35-31(38)39-17-18-4-2-1-3-5-18/h1-5,13-14,16,19-21,25-28H,6-12,15,17,32H2,(H,33,37)(H,34,36)(H,35,38)/t25-,27-,28+/m1/s1. The maximum Gasteiger partial charge on any atom is 0.408 e. The molecule has 3 fully saturated rings. The number of hydrogen-bond donors (Lipinski definition) is 4. The molecule has 4 aliphatic carbocycles. The lowest BCUT2D eigenvalue weighted by Gasteiger charge is -2.27. The summed E-state index contributed by atoms with van der Waals surface area (Å²) in [5, 5.41) is 9.12. The molecule has 8 nitrogen and oxygen atoms in total. The molecular weight excluding hydrogens is 492 g/mol. The highest BCUT2D eigenvalue weighted by Gasteiger charge is 2.48. The number of anilines is 1. The average molecular weight is 531 g/mol. The van der Waals surface area contributed by atoms with Crippen LogP contribution in [0.3, 0.4) is 0 Å². The number of benzene rings is 2. The van der Waals surface area contributed by atoms with Gasteiger partial charge in [0.15, 0.2) is 0 Å². The number of hydrogen-bond acceptors (Lipinski definition) is 5. The van der Waals surface area contributed by atoms with E-state index in [2.05, 4.69) is 16.0 Å². The van der Waals surface area contributed by atoms with Crippen molar-refractivity contribution in [3.05, 3.63) is 65.2 Å². The average Bonchev–Trinajstić information content (AvgIpc) is 3.80. The molecule has 2 aromatic carbocycles. The first kappa shape index (κ1) is 25.9. The number of amides is 3. The third-order valence-electron chi connectivity index (χ3n) is 8.72. The van der Waals surface area contributed by atoms with Crippen molar-refractivity contribution >= 4 is 23.6 Å². The van der Waals surface area contributed by atoms with Crippen molar-refractivity contribution in [3.63, 3.8) is 0 Å². The van der Waals surface area contributed by atoms with Crippen LogP contribution in [0.5, 0.6) is 0 Å². The van der Waals surface area contributed by atoms with Crippen molar-refractivity contribution in [1.29, 1.82) is 0 Å².